The van der Waals surface area contributed by atoms with Crippen molar-refractivity contribution < 1.29 is 8.42 Å². The maximum atomic E-state index is 12.5. The molecule has 0 saturated heterocycles. The van der Waals surface area contributed by atoms with E-state index < -0.39 is 16.1 Å². The molecule has 8 heteroatoms. The van der Waals surface area contributed by atoms with Crippen molar-refractivity contribution in [3.05, 3.63) is 38.3 Å². The first kappa shape index (κ1) is 16.4. The molecule has 3 N–H and O–H groups in total. The number of aryl methyl sites for hydroxylation is 1. The van der Waals surface area contributed by atoms with Gasteiger partial charge >= 0.3 is 0 Å². The number of thiazole rings is 1. The van der Waals surface area contributed by atoms with E-state index in [4.69, 9.17) is 5.73 Å². The molecule has 0 fully saturated rings. The number of aromatic nitrogens is 1. The topological polar surface area (TPSA) is 85.1 Å². The second-order valence-corrected chi connectivity index (χ2v) is 8.63. The summed E-state index contributed by atoms with van der Waals surface area (Å²) in [6, 6.07) is 2.84. The number of nitrogens with zero attached hydrogens (tertiary/aromatic N) is 1. The first-order valence-electron chi connectivity index (χ1n) is 6.21. The lowest BCUT2D eigenvalue weighted by molar-refractivity contribution is 0.565. The number of nitrogens with two attached hydrogens (primary N) is 1. The lowest BCUT2D eigenvalue weighted by atomic mass is 10.2. The van der Waals surface area contributed by atoms with Gasteiger partial charge in [-0.15, -0.1) is 11.3 Å². The maximum absolute atomic E-state index is 12.5. The van der Waals surface area contributed by atoms with Crippen molar-refractivity contribution in [2.45, 2.75) is 31.7 Å². The molecule has 114 valence electrons. The molecule has 2 aromatic rings. The monoisotopic (exact) mass is 389 g/mol. The Kier molecular flexibility index (Phi) is 4.72. The van der Waals surface area contributed by atoms with Crippen LogP contribution in [0.1, 0.15) is 28.4 Å². The van der Waals surface area contributed by atoms with E-state index in [1.807, 2.05) is 6.92 Å². The molecular formula is C13H16BrN3O2S2. The highest BCUT2D eigenvalue weighted by atomic mass is 79.9. The summed E-state index contributed by atoms with van der Waals surface area (Å²) in [6.45, 7) is 5.39. The van der Waals surface area contributed by atoms with Crippen molar-refractivity contribution in [2.24, 2.45) is 0 Å². The summed E-state index contributed by atoms with van der Waals surface area (Å²) < 4.78 is 28.3. The number of sulfonamides is 1. The highest BCUT2D eigenvalue weighted by Crippen LogP contribution is 2.28. The molecule has 2 rings (SSSR count). The van der Waals surface area contributed by atoms with Gasteiger partial charge in [-0.1, -0.05) is 15.9 Å². The summed E-state index contributed by atoms with van der Waals surface area (Å²) in [5.74, 6) is 0. The number of anilines is 1. The van der Waals surface area contributed by atoms with Gasteiger partial charge in [-0.05, 0) is 38.5 Å². The third kappa shape index (κ3) is 3.63. The Morgan fingerprint density at radius 2 is 2.05 bits per heavy atom. The molecule has 0 spiro atoms. The van der Waals surface area contributed by atoms with E-state index in [2.05, 4.69) is 25.6 Å². The first-order valence-corrected chi connectivity index (χ1v) is 9.30. The lowest BCUT2D eigenvalue weighted by Gasteiger charge is -2.15. The van der Waals surface area contributed by atoms with E-state index >= 15 is 0 Å². The van der Waals surface area contributed by atoms with Gasteiger partial charge in [0.25, 0.3) is 0 Å². The summed E-state index contributed by atoms with van der Waals surface area (Å²) in [5.41, 5.74) is 6.80. The van der Waals surface area contributed by atoms with E-state index in [0.29, 0.717) is 15.7 Å². The second-order valence-electron chi connectivity index (χ2n) is 4.77. The molecule has 1 aromatic heterocycles. The average molecular weight is 390 g/mol. The summed E-state index contributed by atoms with van der Waals surface area (Å²) in [7, 11) is -3.67. The predicted molar refractivity (Wildman–Crippen MR) is 88.9 cm³/mol. The van der Waals surface area contributed by atoms with Gasteiger partial charge in [0, 0.05) is 21.2 Å². The van der Waals surface area contributed by atoms with Gasteiger partial charge in [0.2, 0.25) is 10.0 Å². The summed E-state index contributed by atoms with van der Waals surface area (Å²) >= 11 is 4.74. The number of hydrogen-bond donors (Lipinski definition) is 2. The SMILES string of the molecule is Cc1cnc(C(C)NS(=O)(=O)c2cc(Br)cc(N)c2C)s1. The molecule has 0 saturated carbocycles. The molecule has 1 atom stereocenters. The molecule has 21 heavy (non-hydrogen) atoms. The Bertz CT molecular complexity index is 772. The lowest BCUT2D eigenvalue weighted by Crippen LogP contribution is -2.27. The molecule has 1 aromatic carbocycles. The molecule has 0 aliphatic carbocycles. The molecule has 5 nitrogen and oxygen atoms in total. The van der Waals surface area contributed by atoms with Crippen LogP contribution in [-0.2, 0) is 10.0 Å². The number of nitrogens with one attached hydrogen (secondary N) is 1. The van der Waals surface area contributed by atoms with Gasteiger partial charge < -0.3 is 5.73 Å². The van der Waals surface area contributed by atoms with Gasteiger partial charge in [0.05, 0.1) is 10.9 Å². The van der Waals surface area contributed by atoms with Gasteiger partial charge in [-0.2, -0.15) is 0 Å². The number of nitrogen functional groups attached to an aromatic ring is 1. The van der Waals surface area contributed by atoms with Crippen LogP contribution in [0.25, 0.3) is 0 Å². The molecule has 0 aliphatic rings. The Morgan fingerprint density at radius 3 is 2.62 bits per heavy atom. The second kappa shape index (κ2) is 6.04. The standard InChI is InChI=1S/C13H16BrN3O2S2/c1-7-6-16-13(20-7)9(3)17-21(18,19)12-5-10(14)4-11(15)8(12)2/h4-6,9,17H,15H2,1-3H3. The molecule has 1 heterocycles. The number of hydrogen-bond acceptors (Lipinski definition) is 5. The van der Waals surface area contributed by atoms with E-state index in [0.717, 1.165) is 9.88 Å². The zero-order valence-electron chi connectivity index (χ0n) is 11.8. The minimum absolute atomic E-state index is 0.175. The number of benzene rings is 1. The van der Waals surface area contributed by atoms with Crippen molar-refractivity contribution in [2.75, 3.05) is 5.73 Å². The summed E-state index contributed by atoms with van der Waals surface area (Å²) in [5, 5.41) is 0.733. The number of rotatable bonds is 4. The molecule has 0 aliphatic heterocycles. The Labute approximate surface area is 136 Å². The van der Waals surface area contributed by atoms with Crippen LogP contribution in [0.4, 0.5) is 5.69 Å². The average Bonchev–Trinajstić information content (AvgIpc) is 2.80. The maximum Gasteiger partial charge on any atom is 0.241 e. The zero-order chi connectivity index (χ0) is 15.8. The minimum atomic E-state index is -3.67. The third-order valence-electron chi connectivity index (χ3n) is 3.00. The highest BCUT2D eigenvalue weighted by Gasteiger charge is 2.23. The van der Waals surface area contributed by atoms with Crippen LogP contribution < -0.4 is 10.5 Å². The largest absolute Gasteiger partial charge is 0.398 e. The fourth-order valence-electron chi connectivity index (χ4n) is 1.87. The van der Waals surface area contributed by atoms with Gasteiger partial charge in [-0.3, -0.25) is 0 Å². The summed E-state index contributed by atoms with van der Waals surface area (Å²) in [4.78, 5) is 5.42. The van der Waals surface area contributed by atoms with Crippen LogP contribution in [0.2, 0.25) is 0 Å². The summed E-state index contributed by atoms with van der Waals surface area (Å²) in [6.07, 6.45) is 1.73. The van der Waals surface area contributed by atoms with E-state index in [-0.39, 0.29) is 4.90 Å². The molecule has 1 unspecified atom stereocenters. The van der Waals surface area contributed by atoms with Crippen LogP contribution >= 0.6 is 27.3 Å². The Balaban J connectivity index is 2.35. The first-order chi connectivity index (χ1) is 9.70. The Hall–Kier alpha value is -0.960. The minimum Gasteiger partial charge on any atom is -0.398 e. The smallest absolute Gasteiger partial charge is 0.241 e. The van der Waals surface area contributed by atoms with Crippen molar-refractivity contribution in [1.82, 2.24) is 9.71 Å². The van der Waals surface area contributed by atoms with Gasteiger partial charge in [0.1, 0.15) is 5.01 Å². The third-order valence-corrected chi connectivity index (χ3v) is 6.22. The fourth-order valence-corrected chi connectivity index (χ4v) is 4.86. The normalized spacial score (nSPS) is 13.3. The molecule has 0 amide bonds. The zero-order valence-corrected chi connectivity index (χ0v) is 15.1. The van der Waals surface area contributed by atoms with Crippen LogP contribution in [-0.4, -0.2) is 13.4 Å². The Morgan fingerprint density at radius 1 is 1.38 bits per heavy atom. The van der Waals surface area contributed by atoms with Gasteiger partial charge in [0.15, 0.2) is 0 Å². The van der Waals surface area contributed by atoms with Crippen molar-refractivity contribution >= 4 is 43.0 Å². The van der Waals surface area contributed by atoms with Gasteiger partial charge in [-0.25, -0.2) is 18.1 Å². The highest BCUT2D eigenvalue weighted by molar-refractivity contribution is 9.10. The van der Waals surface area contributed by atoms with Crippen LogP contribution in [0.15, 0.2) is 27.7 Å². The van der Waals surface area contributed by atoms with E-state index in [9.17, 15) is 8.42 Å². The molecule has 0 radical (unpaired) electrons. The van der Waals surface area contributed by atoms with Crippen LogP contribution in [0.5, 0.6) is 0 Å². The molecular weight excluding hydrogens is 374 g/mol. The van der Waals surface area contributed by atoms with Crippen molar-refractivity contribution in [3.8, 4) is 0 Å². The van der Waals surface area contributed by atoms with E-state index in [1.165, 1.54) is 11.3 Å². The van der Waals surface area contributed by atoms with Crippen molar-refractivity contribution in [1.29, 1.82) is 0 Å². The van der Waals surface area contributed by atoms with E-state index in [1.54, 1.807) is 32.2 Å². The predicted octanol–water partition coefficient (Wildman–Crippen LogP) is 3.14. The van der Waals surface area contributed by atoms with Crippen molar-refractivity contribution in [3.63, 3.8) is 0 Å². The number of halogens is 1. The quantitative estimate of drug-likeness (QED) is 0.786. The molecule has 0 bridgehead atoms. The van der Waals surface area contributed by atoms with Crippen LogP contribution in [0, 0.1) is 13.8 Å². The fraction of sp³-hybridized carbons (Fsp3) is 0.308. The van der Waals surface area contributed by atoms with Crippen LogP contribution in [0.3, 0.4) is 0 Å².